The molecule has 1 aromatic heterocycles. The number of aryl methyl sites for hydroxylation is 1. The van der Waals surface area contributed by atoms with Crippen LogP contribution in [0.25, 0.3) is 0 Å². The molecular weight excluding hydrogens is 216 g/mol. The van der Waals surface area contributed by atoms with E-state index < -0.39 is 0 Å². The van der Waals surface area contributed by atoms with Crippen LogP contribution in [-0.4, -0.2) is 29.1 Å². The summed E-state index contributed by atoms with van der Waals surface area (Å²) in [4.78, 5) is 6.47. The summed E-state index contributed by atoms with van der Waals surface area (Å²) >= 11 is 0. The van der Waals surface area contributed by atoms with Crippen molar-refractivity contribution in [2.75, 3.05) is 18.0 Å². The van der Waals surface area contributed by atoms with Gasteiger partial charge in [0.2, 0.25) is 0 Å². The van der Waals surface area contributed by atoms with Gasteiger partial charge in [-0.25, -0.2) is 4.98 Å². The number of oxime groups is 1. The predicted octanol–water partition coefficient (Wildman–Crippen LogP) is 1.60. The van der Waals surface area contributed by atoms with E-state index in [1.165, 1.54) is 0 Å². The van der Waals surface area contributed by atoms with Crippen molar-refractivity contribution < 1.29 is 5.21 Å². The van der Waals surface area contributed by atoms with Crippen LogP contribution in [0.2, 0.25) is 0 Å². The standard InChI is InChI=1S/C12H20N4O/c1-4-16(8-10(3)12(13)15-17)11-6-5-9(2)7-14-11/h5-7,10,17H,4,8H2,1-3H3,(H2,13,15). The predicted molar refractivity (Wildman–Crippen MR) is 69.4 cm³/mol. The Balaban J connectivity index is 2.75. The Morgan fingerprint density at radius 2 is 2.29 bits per heavy atom. The van der Waals surface area contributed by atoms with Crippen molar-refractivity contribution in [3.05, 3.63) is 23.9 Å². The molecule has 1 unspecified atom stereocenters. The Morgan fingerprint density at radius 1 is 1.59 bits per heavy atom. The first-order valence-electron chi connectivity index (χ1n) is 5.73. The number of hydrogen-bond donors (Lipinski definition) is 2. The van der Waals surface area contributed by atoms with E-state index in [1.807, 2.05) is 32.2 Å². The van der Waals surface area contributed by atoms with Crippen LogP contribution in [0.1, 0.15) is 19.4 Å². The summed E-state index contributed by atoms with van der Waals surface area (Å²) < 4.78 is 0. The van der Waals surface area contributed by atoms with Gasteiger partial charge in [0.25, 0.3) is 0 Å². The maximum absolute atomic E-state index is 8.63. The molecule has 1 heterocycles. The fourth-order valence-electron chi connectivity index (χ4n) is 1.55. The third kappa shape index (κ3) is 3.62. The molecule has 0 fully saturated rings. The zero-order valence-corrected chi connectivity index (χ0v) is 10.6. The number of anilines is 1. The van der Waals surface area contributed by atoms with E-state index in [0.717, 1.165) is 17.9 Å². The molecule has 1 atom stereocenters. The van der Waals surface area contributed by atoms with E-state index in [2.05, 4.69) is 22.0 Å². The van der Waals surface area contributed by atoms with Crippen molar-refractivity contribution in [3.8, 4) is 0 Å². The van der Waals surface area contributed by atoms with Gasteiger partial charge in [-0.05, 0) is 25.5 Å². The van der Waals surface area contributed by atoms with Crippen LogP contribution in [0.15, 0.2) is 23.5 Å². The van der Waals surface area contributed by atoms with Gasteiger partial charge in [-0.2, -0.15) is 0 Å². The largest absolute Gasteiger partial charge is 0.409 e. The Hall–Kier alpha value is -1.78. The summed E-state index contributed by atoms with van der Waals surface area (Å²) in [6, 6.07) is 4.01. The molecule has 0 saturated heterocycles. The summed E-state index contributed by atoms with van der Waals surface area (Å²) in [6.07, 6.45) is 1.84. The Labute approximate surface area is 102 Å². The first-order chi connectivity index (χ1) is 8.08. The molecule has 0 spiro atoms. The molecule has 0 aromatic carbocycles. The number of pyridine rings is 1. The first-order valence-corrected chi connectivity index (χ1v) is 5.73. The molecule has 0 aliphatic rings. The van der Waals surface area contributed by atoms with Crippen LogP contribution in [0.3, 0.4) is 0 Å². The van der Waals surface area contributed by atoms with Gasteiger partial charge in [-0.15, -0.1) is 0 Å². The van der Waals surface area contributed by atoms with Crippen molar-refractivity contribution in [2.45, 2.75) is 20.8 Å². The summed E-state index contributed by atoms with van der Waals surface area (Å²) in [7, 11) is 0. The van der Waals surface area contributed by atoms with Crippen LogP contribution < -0.4 is 10.6 Å². The molecule has 0 aliphatic heterocycles. The quantitative estimate of drug-likeness (QED) is 0.352. The van der Waals surface area contributed by atoms with E-state index in [9.17, 15) is 0 Å². The van der Waals surface area contributed by atoms with Crippen molar-refractivity contribution in [3.63, 3.8) is 0 Å². The Morgan fingerprint density at radius 3 is 2.76 bits per heavy atom. The summed E-state index contributed by atoms with van der Waals surface area (Å²) in [5.41, 5.74) is 6.71. The smallest absolute Gasteiger partial charge is 0.143 e. The highest BCUT2D eigenvalue weighted by Gasteiger charge is 2.13. The molecule has 0 radical (unpaired) electrons. The topological polar surface area (TPSA) is 74.7 Å². The van der Waals surface area contributed by atoms with Crippen molar-refractivity contribution >= 4 is 11.7 Å². The lowest BCUT2D eigenvalue weighted by Crippen LogP contribution is -2.35. The zero-order valence-electron chi connectivity index (χ0n) is 10.6. The van der Waals surface area contributed by atoms with Crippen LogP contribution in [0.5, 0.6) is 0 Å². The molecule has 5 nitrogen and oxygen atoms in total. The summed E-state index contributed by atoms with van der Waals surface area (Å²) in [6.45, 7) is 7.50. The average Bonchev–Trinajstić information content (AvgIpc) is 2.35. The van der Waals surface area contributed by atoms with Gasteiger partial charge >= 0.3 is 0 Å². The van der Waals surface area contributed by atoms with Crippen molar-refractivity contribution in [1.82, 2.24) is 4.98 Å². The zero-order chi connectivity index (χ0) is 12.8. The number of hydrogen-bond acceptors (Lipinski definition) is 4. The maximum atomic E-state index is 8.63. The van der Waals surface area contributed by atoms with E-state index in [4.69, 9.17) is 10.9 Å². The van der Waals surface area contributed by atoms with E-state index in [0.29, 0.717) is 6.54 Å². The molecule has 3 N–H and O–H groups in total. The minimum absolute atomic E-state index is 0.0111. The highest BCUT2D eigenvalue weighted by atomic mass is 16.4. The van der Waals surface area contributed by atoms with Gasteiger partial charge in [-0.1, -0.05) is 18.1 Å². The number of nitrogens with two attached hydrogens (primary N) is 1. The monoisotopic (exact) mass is 236 g/mol. The molecule has 0 amide bonds. The highest BCUT2D eigenvalue weighted by Crippen LogP contribution is 2.13. The van der Waals surface area contributed by atoms with Gasteiger partial charge in [-0.3, -0.25) is 0 Å². The molecule has 17 heavy (non-hydrogen) atoms. The van der Waals surface area contributed by atoms with Crippen LogP contribution >= 0.6 is 0 Å². The van der Waals surface area contributed by atoms with Crippen LogP contribution in [-0.2, 0) is 0 Å². The van der Waals surface area contributed by atoms with Crippen LogP contribution in [0, 0.1) is 12.8 Å². The molecule has 1 aromatic rings. The third-order valence-electron chi connectivity index (χ3n) is 2.72. The Kier molecular flexibility index (Phi) is 4.75. The minimum atomic E-state index is -0.0111. The molecule has 5 heteroatoms. The van der Waals surface area contributed by atoms with Gasteiger partial charge in [0, 0.05) is 25.2 Å². The SMILES string of the molecule is CCN(CC(C)/C(N)=N/O)c1ccc(C)cn1. The fourth-order valence-corrected chi connectivity index (χ4v) is 1.55. The molecule has 0 aliphatic carbocycles. The minimum Gasteiger partial charge on any atom is -0.409 e. The second kappa shape index (κ2) is 6.08. The van der Waals surface area contributed by atoms with Crippen molar-refractivity contribution in [1.29, 1.82) is 0 Å². The third-order valence-corrected chi connectivity index (χ3v) is 2.72. The summed E-state index contributed by atoms with van der Waals surface area (Å²) in [5.74, 6) is 1.15. The molecule has 94 valence electrons. The highest BCUT2D eigenvalue weighted by molar-refractivity contribution is 5.82. The van der Waals surface area contributed by atoms with Crippen molar-refractivity contribution in [2.24, 2.45) is 16.8 Å². The first kappa shape index (κ1) is 13.3. The molecule has 1 rings (SSSR count). The maximum Gasteiger partial charge on any atom is 0.143 e. The second-order valence-corrected chi connectivity index (χ2v) is 4.16. The van der Waals surface area contributed by atoms with E-state index in [-0.39, 0.29) is 11.8 Å². The molecular formula is C12H20N4O. The lowest BCUT2D eigenvalue weighted by atomic mass is 10.1. The lowest BCUT2D eigenvalue weighted by molar-refractivity contribution is 0.314. The average molecular weight is 236 g/mol. The molecule has 0 bridgehead atoms. The van der Waals surface area contributed by atoms with E-state index in [1.54, 1.807) is 0 Å². The normalized spacial score (nSPS) is 13.5. The number of rotatable bonds is 5. The summed E-state index contributed by atoms with van der Waals surface area (Å²) in [5, 5.41) is 11.7. The van der Waals surface area contributed by atoms with Gasteiger partial charge in [0.15, 0.2) is 0 Å². The Bertz CT molecular complexity index is 375. The number of nitrogens with zero attached hydrogens (tertiary/aromatic N) is 3. The number of aromatic nitrogens is 1. The lowest BCUT2D eigenvalue weighted by Gasteiger charge is -2.25. The van der Waals surface area contributed by atoms with Gasteiger partial charge in [0.05, 0.1) is 0 Å². The van der Waals surface area contributed by atoms with Gasteiger partial charge < -0.3 is 15.8 Å². The fraction of sp³-hybridized carbons (Fsp3) is 0.500. The molecule has 0 saturated carbocycles. The van der Waals surface area contributed by atoms with Gasteiger partial charge in [0.1, 0.15) is 11.7 Å². The van der Waals surface area contributed by atoms with Crippen LogP contribution in [0.4, 0.5) is 5.82 Å². The second-order valence-electron chi connectivity index (χ2n) is 4.16. The number of amidine groups is 1. The van der Waals surface area contributed by atoms with E-state index >= 15 is 0 Å².